The normalized spacial score (nSPS) is 25.1. The second-order valence-corrected chi connectivity index (χ2v) is 13.4. The first-order valence-electron chi connectivity index (χ1n) is 12.7. The van der Waals surface area contributed by atoms with Crippen molar-refractivity contribution in [3.05, 3.63) is 46.3 Å². The monoisotopic (exact) mass is 613 g/mol. The Bertz CT molecular complexity index is 1450. The maximum Gasteiger partial charge on any atom is 0.315 e. The van der Waals surface area contributed by atoms with Gasteiger partial charge in [0.15, 0.2) is 17.7 Å². The van der Waals surface area contributed by atoms with Gasteiger partial charge in [-0.05, 0) is 44.0 Å². The molecule has 2 saturated heterocycles. The zero-order chi connectivity index (χ0) is 28.7. The van der Waals surface area contributed by atoms with Crippen LogP contribution in [0.25, 0.3) is 11.0 Å². The third kappa shape index (κ3) is 6.28. The standard InChI is InChI=1S/C25H30Cl2N5O7P/c1-5-36-40(4,34)13-18(33)35-12-17-19-20(39-25(2,3)38-19)23(37-17)32-22-15(11-29-32)21(30-24(27)31-22)28-10-14-8-6-7-9-16(14)26/h6-9,11,17,19-20,23H,5,10,12-13H2,1-4H3,(H,28,30,31)/t17-,19-,20-,23-,40?/m1/s1. The Balaban J connectivity index is 1.37. The number of fused-ring (bicyclic) bond motifs is 2. The van der Waals surface area contributed by atoms with E-state index in [0.29, 0.717) is 28.4 Å². The number of benzene rings is 1. The van der Waals surface area contributed by atoms with Gasteiger partial charge >= 0.3 is 5.97 Å². The summed E-state index contributed by atoms with van der Waals surface area (Å²) in [6.07, 6.45) is -1.33. The van der Waals surface area contributed by atoms with Crippen molar-refractivity contribution >= 4 is 53.4 Å². The number of esters is 1. The van der Waals surface area contributed by atoms with Crippen LogP contribution in [0.4, 0.5) is 5.82 Å². The van der Waals surface area contributed by atoms with Gasteiger partial charge in [0.1, 0.15) is 36.9 Å². The minimum atomic E-state index is -3.10. The van der Waals surface area contributed by atoms with Gasteiger partial charge in [0.2, 0.25) is 12.7 Å². The molecule has 1 aromatic carbocycles. The Morgan fingerprint density at radius 1 is 1.20 bits per heavy atom. The van der Waals surface area contributed by atoms with Crippen LogP contribution in [0.3, 0.4) is 0 Å². The molecule has 12 nitrogen and oxygen atoms in total. The van der Waals surface area contributed by atoms with E-state index in [1.807, 2.05) is 24.3 Å². The molecule has 15 heteroatoms. The van der Waals surface area contributed by atoms with Crippen LogP contribution < -0.4 is 5.32 Å². The van der Waals surface area contributed by atoms with Crippen LogP contribution in [-0.4, -0.2) is 75.9 Å². The van der Waals surface area contributed by atoms with Crippen LogP contribution in [0.1, 0.15) is 32.6 Å². The Morgan fingerprint density at radius 2 is 1.95 bits per heavy atom. The number of hydrogen-bond acceptors (Lipinski definition) is 11. The topological polar surface area (TPSA) is 136 Å². The number of anilines is 1. The summed E-state index contributed by atoms with van der Waals surface area (Å²) in [5, 5.41) is 9.03. The van der Waals surface area contributed by atoms with Crippen molar-refractivity contribution in [1.29, 1.82) is 0 Å². The number of carbonyl (C=O) groups excluding carboxylic acids is 1. The summed E-state index contributed by atoms with van der Waals surface area (Å²) in [7, 11) is -3.10. The van der Waals surface area contributed by atoms with Crippen LogP contribution in [0.5, 0.6) is 0 Å². The van der Waals surface area contributed by atoms with E-state index < -0.39 is 43.7 Å². The SMILES string of the molecule is CCOP(C)(=O)CC(=O)OC[C@H]1O[C@@H](n2ncc3c(NCc4ccccc4Cl)nc(Cl)nc32)[C@@H]2OC(C)(C)O[C@@H]21. The fraction of sp³-hybridized carbons (Fsp3) is 0.520. The maximum atomic E-state index is 12.4. The lowest BCUT2D eigenvalue weighted by Crippen LogP contribution is -2.34. The zero-order valence-electron chi connectivity index (χ0n) is 22.4. The lowest BCUT2D eigenvalue weighted by atomic mass is 10.1. The van der Waals surface area contributed by atoms with Crippen molar-refractivity contribution in [2.24, 2.45) is 0 Å². The van der Waals surface area contributed by atoms with E-state index in [9.17, 15) is 9.36 Å². The van der Waals surface area contributed by atoms with E-state index >= 15 is 0 Å². The van der Waals surface area contributed by atoms with E-state index in [1.54, 1.807) is 31.6 Å². The summed E-state index contributed by atoms with van der Waals surface area (Å²) in [6.45, 7) is 7.20. The predicted molar refractivity (Wildman–Crippen MR) is 148 cm³/mol. The first-order valence-corrected chi connectivity index (χ1v) is 15.7. The quantitative estimate of drug-likeness (QED) is 0.194. The zero-order valence-corrected chi connectivity index (χ0v) is 24.8. The highest BCUT2D eigenvalue weighted by Crippen LogP contribution is 2.45. The molecule has 2 aliphatic rings. The van der Waals surface area contributed by atoms with Gasteiger partial charge in [-0.2, -0.15) is 15.1 Å². The molecule has 2 aliphatic heterocycles. The fourth-order valence-corrected chi connectivity index (χ4v) is 6.37. The van der Waals surface area contributed by atoms with Crippen molar-refractivity contribution in [3.63, 3.8) is 0 Å². The second-order valence-electron chi connectivity index (χ2n) is 10.0. The van der Waals surface area contributed by atoms with E-state index in [0.717, 1.165) is 5.56 Å². The lowest BCUT2D eigenvalue weighted by molar-refractivity contribution is -0.203. The number of nitrogens with one attached hydrogen (secondary N) is 1. The summed E-state index contributed by atoms with van der Waals surface area (Å²) in [5.74, 6) is -1.09. The maximum absolute atomic E-state index is 12.4. The van der Waals surface area contributed by atoms with Crippen LogP contribution in [0.15, 0.2) is 30.5 Å². The first kappa shape index (κ1) is 29.2. The largest absolute Gasteiger partial charge is 0.462 e. The summed E-state index contributed by atoms with van der Waals surface area (Å²) in [6, 6.07) is 7.48. The molecule has 0 saturated carbocycles. The molecule has 2 fully saturated rings. The molecule has 5 rings (SSSR count). The summed E-state index contributed by atoms with van der Waals surface area (Å²) >= 11 is 12.6. The molecule has 3 aromatic rings. The lowest BCUT2D eigenvalue weighted by Gasteiger charge is -2.24. The van der Waals surface area contributed by atoms with Gasteiger partial charge in [-0.25, -0.2) is 4.68 Å². The smallest absolute Gasteiger partial charge is 0.315 e. The molecule has 0 radical (unpaired) electrons. The number of carbonyl (C=O) groups is 1. The Labute approximate surface area is 241 Å². The number of ether oxygens (including phenoxy) is 4. The van der Waals surface area contributed by atoms with Gasteiger partial charge in [0.25, 0.3) is 0 Å². The van der Waals surface area contributed by atoms with Crippen molar-refractivity contribution in [2.45, 2.75) is 57.6 Å². The molecule has 216 valence electrons. The molecular formula is C25H30Cl2N5O7P. The average molecular weight is 614 g/mol. The highest BCUT2D eigenvalue weighted by Gasteiger charge is 2.57. The Kier molecular flexibility index (Phi) is 8.41. The Hall–Kier alpha value is -2.31. The average Bonchev–Trinajstić information content (AvgIpc) is 3.52. The van der Waals surface area contributed by atoms with Gasteiger partial charge in [0.05, 0.1) is 18.2 Å². The molecular weight excluding hydrogens is 584 g/mol. The fourth-order valence-electron chi connectivity index (χ4n) is 4.80. The number of halogens is 2. The summed E-state index contributed by atoms with van der Waals surface area (Å²) < 4.78 is 43.0. The number of nitrogens with zero attached hydrogens (tertiary/aromatic N) is 4. The third-order valence-electron chi connectivity index (χ3n) is 6.42. The van der Waals surface area contributed by atoms with E-state index in [-0.39, 0.29) is 24.7 Å². The predicted octanol–water partition coefficient (Wildman–Crippen LogP) is 4.65. The van der Waals surface area contributed by atoms with Gasteiger partial charge < -0.3 is 28.8 Å². The van der Waals surface area contributed by atoms with E-state index in [4.69, 9.17) is 46.7 Å². The van der Waals surface area contributed by atoms with Crippen molar-refractivity contribution in [2.75, 3.05) is 31.4 Å². The van der Waals surface area contributed by atoms with Gasteiger partial charge in [-0.1, -0.05) is 29.8 Å². The number of hydrogen-bond donors (Lipinski definition) is 1. The van der Waals surface area contributed by atoms with Crippen molar-refractivity contribution < 1.29 is 32.8 Å². The molecule has 40 heavy (non-hydrogen) atoms. The molecule has 1 N–H and O–H groups in total. The first-order chi connectivity index (χ1) is 19.0. The molecule has 0 aliphatic carbocycles. The van der Waals surface area contributed by atoms with Crippen LogP contribution in [0.2, 0.25) is 10.3 Å². The third-order valence-corrected chi connectivity index (χ3v) is 8.60. The van der Waals surface area contributed by atoms with Gasteiger partial charge in [0, 0.05) is 18.2 Å². The Morgan fingerprint density at radius 3 is 2.70 bits per heavy atom. The highest BCUT2D eigenvalue weighted by atomic mass is 35.5. The number of aromatic nitrogens is 4. The van der Waals surface area contributed by atoms with E-state index in [1.165, 1.54) is 6.66 Å². The summed E-state index contributed by atoms with van der Waals surface area (Å²) in [4.78, 5) is 21.1. The minimum Gasteiger partial charge on any atom is -0.462 e. The molecule has 0 amide bonds. The minimum absolute atomic E-state index is 0.0122. The van der Waals surface area contributed by atoms with Crippen LogP contribution >= 0.6 is 30.6 Å². The highest BCUT2D eigenvalue weighted by molar-refractivity contribution is 7.59. The summed E-state index contributed by atoms with van der Waals surface area (Å²) in [5.41, 5.74) is 1.30. The molecule has 0 bridgehead atoms. The molecule has 1 unspecified atom stereocenters. The van der Waals surface area contributed by atoms with Gasteiger partial charge in [-0.15, -0.1) is 0 Å². The van der Waals surface area contributed by atoms with Crippen LogP contribution in [-0.2, 0) is 39.4 Å². The van der Waals surface area contributed by atoms with Crippen LogP contribution in [0, 0.1) is 0 Å². The molecule has 5 atom stereocenters. The second kappa shape index (κ2) is 11.5. The number of rotatable bonds is 10. The van der Waals surface area contributed by atoms with Gasteiger partial charge in [-0.3, -0.25) is 9.36 Å². The van der Waals surface area contributed by atoms with E-state index in [2.05, 4.69) is 20.4 Å². The molecule has 0 spiro atoms. The van der Waals surface area contributed by atoms with Crippen molar-refractivity contribution in [1.82, 2.24) is 19.7 Å². The van der Waals surface area contributed by atoms with Crippen molar-refractivity contribution in [3.8, 4) is 0 Å². The molecule has 2 aromatic heterocycles. The molecule has 4 heterocycles.